The highest BCUT2D eigenvalue weighted by Crippen LogP contribution is 2.30. The lowest BCUT2D eigenvalue weighted by molar-refractivity contribution is -0.274. The molecule has 1 saturated heterocycles. The number of nitrogens with two attached hydrogens (primary N) is 2. The van der Waals surface area contributed by atoms with E-state index < -0.39 is 37.2 Å². The van der Waals surface area contributed by atoms with E-state index in [1.54, 1.807) is 0 Å². The third kappa shape index (κ3) is 5.43. The van der Waals surface area contributed by atoms with Gasteiger partial charge >= 0.3 is 6.36 Å². The number of hydrogen-bond acceptors (Lipinski definition) is 2. The highest BCUT2D eigenvalue weighted by molar-refractivity contribution is 5.94. The number of guanidine groups is 2. The van der Waals surface area contributed by atoms with E-state index in [2.05, 4.69) is 14.7 Å². The van der Waals surface area contributed by atoms with Gasteiger partial charge in [0.2, 0.25) is 5.96 Å². The van der Waals surface area contributed by atoms with Gasteiger partial charge in [0.05, 0.1) is 12.2 Å². The van der Waals surface area contributed by atoms with Crippen molar-refractivity contribution in [2.45, 2.75) is 24.9 Å². The normalized spacial score (nSPS) is 21.6. The summed E-state index contributed by atoms with van der Waals surface area (Å²) in [6.45, 7) is -0.849. The van der Waals surface area contributed by atoms with Crippen molar-refractivity contribution in [3.8, 4) is 5.75 Å². The van der Waals surface area contributed by atoms with Crippen LogP contribution in [0.15, 0.2) is 34.3 Å². The maximum absolute atomic E-state index is 13.4. The lowest BCUT2D eigenvalue weighted by Crippen LogP contribution is -2.53. The summed E-state index contributed by atoms with van der Waals surface area (Å²) in [7, 11) is 0. The van der Waals surface area contributed by atoms with Gasteiger partial charge in [-0.15, -0.1) is 13.2 Å². The minimum absolute atomic E-state index is 0.155. The predicted molar refractivity (Wildman–Crippen MR) is 82.1 cm³/mol. The van der Waals surface area contributed by atoms with Gasteiger partial charge < -0.3 is 21.1 Å². The molecule has 0 amide bonds. The van der Waals surface area contributed by atoms with Crippen LogP contribution in [0.2, 0.25) is 0 Å². The fraction of sp³-hybridized carbons (Fsp3) is 0.429. The highest BCUT2D eigenvalue weighted by Gasteiger charge is 2.45. The molecule has 4 N–H and O–H groups in total. The van der Waals surface area contributed by atoms with Crippen molar-refractivity contribution in [3.05, 3.63) is 24.3 Å². The summed E-state index contributed by atoms with van der Waals surface area (Å²) in [5, 5.41) is 0. The average Bonchev–Trinajstić information content (AvgIpc) is 2.50. The molecular formula is C14H15F6N5O. The molecule has 1 atom stereocenters. The molecule has 1 unspecified atom stereocenters. The van der Waals surface area contributed by atoms with Crippen LogP contribution < -0.4 is 16.2 Å². The van der Waals surface area contributed by atoms with Crippen molar-refractivity contribution >= 4 is 17.6 Å². The minimum atomic E-state index is -4.82. The summed E-state index contributed by atoms with van der Waals surface area (Å²) < 4.78 is 79.5. The quantitative estimate of drug-likeness (QED) is 0.467. The first-order valence-corrected chi connectivity index (χ1v) is 7.27. The molecule has 0 aliphatic carbocycles. The van der Waals surface area contributed by atoms with Crippen molar-refractivity contribution < 1.29 is 31.1 Å². The second-order valence-electron chi connectivity index (χ2n) is 5.41. The number of aliphatic imine (C=N–C) groups is 2. The van der Waals surface area contributed by atoms with Gasteiger partial charge in [-0.05, 0) is 24.3 Å². The summed E-state index contributed by atoms with van der Waals surface area (Å²) in [5.74, 6) is -4.53. The van der Waals surface area contributed by atoms with Crippen LogP contribution in [-0.2, 0) is 0 Å². The Hall–Kier alpha value is -2.66. The third-order valence-corrected chi connectivity index (χ3v) is 3.42. The number of nitrogens with zero attached hydrogens (tertiary/aromatic N) is 3. The lowest BCUT2D eigenvalue weighted by Gasteiger charge is -2.34. The van der Waals surface area contributed by atoms with Crippen LogP contribution in [0.3, 0.4) is 0 Å². The van der Waals surface area contributed by atoms with Gasteiger partial charge in [-0.1, -0.05) is 0 Å². The van der Waals surface area contributed by atoms with Crippen LogP contribution in [0.4, 0.5) is 32.0 Å². The average molecular weight is 383 g/mol. The zero-order valence-electron chi connectivity index (χ0n) is 13.2. The maximum atomic E-state index is 13.4. The van der Waals surface area contributed by atoms with Gasteiger partial charge in [0.25, 0.3) is 5.92 Å². The van der Waals surface area contributed by atoms with E-state index in [0.29, 0.717) is 0 Å². The summed E-state index contributed by atoms with van der Waals surface area (Å²) in [4.78, 5) is 8.59. The summed E-state index contributed by atoms with van der Waals surface area (Å²) in [6.07, 6.45) is -7.92. The van der Waals surface area contributed by atoms with Gasteiger partial charge in [0.1, 0.15) is 5.75 Å². The molecule has 2 rings (SSSR count). The standard InChI is InChI=1S/C14H15F6N5O/c15-10-7-25(6-5-13(10,16)17)12(22)24-11(21)23-8-1-3-9(4-2-8)26-14(18,19)20/h1-4,10H,5-7H2,(H4,21,22,23,24). The molecule has 1 aromatic carbocycles. The molecule has 1 aliphatic rings. The topological polar surface area (TPSA) is 89.2 Å². The van der Waals surface area contributed by atoms with E-state index in [4.69, 9.17) is 11.5 Å². The van der Waals surface area contributed by atoms with Gasteiger partial charge in [0.15, 0.2) is 12.1 Å². The van der Waals surface area contributed by atoms with Crippen LogP contribution in [0.25, 0.3) is 0 Å². The van der Waals surface area contributed by atoms with Gasteiger partial charge in [-0.3, -0.25) is 0 Å². The Morgan fingerprint density at radius 3 is 2.35 bits per heavy atom. The number of alkyl halides is 6. The summed E-state index contributed by atoms with van der Waals surface area (Å²) >= 11 is 0. The molecule has 1 fully saturated rings. The smallest absolute Gasteiger partial charge is 0.406 e. The largest absolute Gasteiger partial charge is 0.573 e. The molecule has 1 aliphatic heterocycles. The second kappa shape index (κ2) is 7.30. The molecule has 26 heavy (non-hydrogen) atoms. The van der Waals surface area contributed by atoms with Crippen LogP contribution >= 0.6 is 0 Å². The van der Waals surface area contributed by atoms with E-state index in [9.17, 15) is 26.3 Å². The Bertz CT molecular complexity index is 688. The fourth-order valence-electron chi connectivity index (χ4n) is 2.13. The van der Waals surface area contributed by atoms with E-state index in [-0.39, 0.29) is 24.2 Å². The zero-order chi connectivity index (χ0) is 19.5. The number of halogens is 6. The molecule has 0 radical (unpaired) electrons. The van der Waals surface area contributed by atoms with Crippen LogP contribution in [-0.4, -0.2) is 48.4 Å². The van der Waals surface area contributed by atoms with Gasteiger partial charge in [0, 0.05) is 13.0 Å². The Morgan fingerprint density at radius 2 is 1.81 bits per heavy atom. The highest BCUT2D eigenvalue weighted by atomic mass is 19.4. The van der Waals surface area contributed by atoms with Crippen LogP contribution in [0.1, 0.15) is 6.42 Å². The van der Waals surface area contributed by atoms with Crippen LogP contribution in [0.5, 0.6) is 5.75 Å². The number of likely N-dealkylation sites (tertiary alicyclic amines) is 1. The molecule has 12 heteroatoms. The van der Waals surface area contributed by atoms with E-state index >= 15 is 0 Å². The van der Waals surface area contributed by atoms with Crippen LogP contribution in [0, 0.1) is 0 Å². The Morgan fingerprint density at radius 1 is 1.19 bits per heavy atom. The molecule has 1 aromatic rings. The molecular weight excluding hydrogens is 368 g/mol. The van der Waals surface area contributed by atoms with E-state index in [1.807, 2.05) is 0 Å². The molecule has 0 spiro atoms. The summed E-state index contributed by atoms with van der Waals surface area (Å²) in [5.41, 5.74) is 11.3. The number of hydrogen-bond donors (Lipinski definition) is 2. The first-order valence-electron chi connectivity index (χ1n) is 7.27. The van der Waals surface area contributed by atoms with E-state index in [0.717, 1.165) is 17.0 Å². The van der Waals surface area contributed by atoms with Crippen molar-refractivity contribution in [1.82, 2.24) is 4.90 Å². The Balaban J connectivity index is 2.03. The van der Waals surface area contributed by atoms with E-state index in [1.165, 1.54) is 12.1 Å². The molecule has 0 bridgehead atoms. The minimum Gasteiger partial charge on any atom is -0.406 e. The molecule has 144 valence electrons. The number of rotatable bonds is 2. The SMILES string of the molecule is NC(=Nc1ccc(OC(F)(F)F)cc1)/N=C(/N)N1CCC(F)(F)C(F)C1. The molecule has 1 heterocycles. The summed E-state index contributed by atoms with van der Waals surface area (Å²) in [6, 6.07) is 4.43. The number of piperidine rings is 1. The predicted octanol–water partition coefficient (Wildman–Crippen LogP) is 2.53. The van der Waals surface area contributed by atoms with Crippen molar-refractivity contribution in [1.29, 1.82) is 0 Å². The lowest BCUT2D eigenvalue weighted by atomic mass is 10.1. The zero-order valence-corrected chi connectivity index (χ0v) is 13.2. The molecule has 0 saturated carbocycles. The maximum Gasteiger partial charge on any atom is 0.573 e. The third-order valence-electron chi connectivity index (χ3n) is 3.42. The van der Waals surface area contributed by atoms with Gasteiger partial charge in [-0.2, -0.15) is 4.99 Å². The molecule has 6 nitrogen and oxygen atoms in total. The first-order chi connectivity index (χ1) is 12.0. The fourth-order valence-corrected chi connectivity index (χ4v) is 2.13. The Labute approximate surface area is 144 Å². The number of benzene rings is 1. The Kier molecular flexibility index (Phi) is 5.52. The first kappa shape index (κ1) is 19.7. The monoisotopic (exact) mass is 383 g/mol. The van der Waals surface area contributed by atoms with Crippen molar-refractivity contribution in [3.63, 3.8) is 0 Å². The second-order valence-corrected chi connectivity index (χ2v) is 5.41. The number of ether oxygens (including phenoxy) is 1. The van der Waals surface area contributed by atoms with Crippen molar-refractivity contribution in [2.24, 2.45) is 21.5 Å². The molecule has 0 aromatic heterocycles. The van der Waals surface area contributed by atoms with Gasteiger partial charge in [-0.25, -0.2) is 18.2 Å². The van der Waals surface area contributed by atoms with Crippen molar-refractivity contribution in [2.75, 3.05) is 13.1 Å².